The highest BCUT2D eigenvalue weighted by molar-refractivity contribution is 5.84. The minimum Gasteiger partial charge on any atom is -0.469 e. The van der Waals surface area contributed by atoms with E-state index in [0.29, 0.717) is 25.3 Å². The summed E-state index contributed by atoms with van der Waals surface area (Å²) in [6, 6.07) is 15.2. The Bertz CT molecular complexity index is 1150. The molecule has 1 amide bonds. The van der Waals surface area contributed by atoms with Crippen LogP contribution < -0.4 is 0 Å². The van der Waals surface area contributed by atoms with E-state index in [2.05, 4.69) is 33.7 Å². The highest BCUT2D eigenvalue weighted by Gasteiger charge is 2.26. The number of piperidine rings is 1. The maximum atomic E-state index is 13.7. The van der Waals surface area contributed by atoms with Gasteiger partial charge in [0.05, 0.1) is 7.11 Å². The molecule has 0 radical (unpaired) electrons. The second-order valence-corrected chi connectivity index (χ2v) is 9.50. The van der Waals surface area contributed by atoms with Crippen LogP contribution in [0.15, 0.2) is 54.7 Å². The molecular formula is C29H35FN2O3. The van der Waals surface area contributed by atoms with Gasteiger partial charge in [-0.15, -0.1) is 0 Å². The minimum absolute atomic E-state index is 0.166. The van der Waals surface area contributed by atoms with E-state index in [9.17, 15) is 14.0 Å². The lowest BCUT2D eigenvalue weighted by molar-refractivity contribution is -0.140. The normalized spacial score (nSPS) is 14.4. The molecule has 1 aromatic heterocycles. The number of aromatic nitrogens is 1. The molecule has 35 heavy (non-hydrogen) atoms. The van der Waals surface area contributed by atoms with E-state index < -0.39 is 0 Å². The van der Waals surface area contributed by atoms with Gasteiger partial charge in [0.15, 0.2) is 0 Å². The predicted octanol–water partition coefficient (Wildman–Crippen LogP) is 6.05. The third-order valence-electron chi connectivity index (χ3n) is 7.10. The summed E-state index contributed by atoms with van der Waals surface area (Å²) in [5.41, 5.74) is 3.44. The smallest absolute Gasteiger partial charge is 0.305 e. The summed E-state index contributed by atoms with van der Waals surface area (Å²) in [7, 11) is 1.41. The van der Waals surface area contributed by atoms with Gasteiger partial charge in [0, 0.05) is 49.6 Å². The third kappa shape index (κ3) is 6.50. The Morgan fingerprint density at radius 2 is 1.71 bits per heavy atom. The van der Waals surface area contributed by atoms with Gasteiger partial charge in [-0.05, 0) is 60.9 Å². The number of hydrogen-bond donors (Lipinski definition) is 0. The van der Waals surface area contributed by atoms with Crippen LogP contribution in [0.25, 0.3) is 10.9 Å². The second kappa shape index (κ2) is 12.0. The number of para-hydroxylation sites is 1. The zero-order chi connectivity index (χ0) is 24.6. The van der Waals surface area contributed by atoms with E-state index in [0.717, 1.165) is 62.7 Å². The van der Waals surface area contributed by atoms with Gasteiger partial charge in [0.25, 0.3) is 0 Å². The van der Waals surface area contributed by atoms with Crippen LogP contribution in [0.2, 0.25) is 0 Å². The van der Waals surface area contributed by atoms with Crippen molar-refractivity contribution in [3.05, 3.63) is 71.7 Å². The molecule has 6 heteroatoms. The van der Waals surface area contributed by atoms with Gasteiger partial charge in [-0.25, -0.2) is 4.39 Å². The summed E-state index contributed by atoms with van der Waals surface area (Å²) in [6.45, 7) is 2.21. The fourth-order valence-electron chi connectivity index (χ4n) is 5.16. The number of fused-ring (bicyclic) bond motifs is 1. The van der Waals surface area contributed by atoms with Crippen LogP contribution in [0.3, 0.4) is 0 Å². The fourth-order valence-corrected chi connectivity index (χ4v) is 5.16. The van der Waals surface area contributed by atoms with E-state index in [-0.39, 0.29) is 17.7 Å². The van der Waals surface area contributed by atoms with E-state index in [1.807, 2.05) is 17.0 Å². The zero-order valence-corrected chi connectivity index (χ0v) is 20.5. The summed E-state index contributed by atoms with van der Waals surface area (Å²) in [5.74, 6) is 0.277. The lowest BCUT2D eigenvalue weighted by Gasteiger charge is -2.32. The van der Waals surface area contributed by atoms with E-state index >= 15 is 0 Å². The summed E-state index contributed by atoms with van der Waals surface area (Å²) >= 11 is 0. The van der Waals surface area contributed by atoms with Crippen molar-refractivity contribution in [3.63, 3.8) is 0 Å². The zero-order valence-electron chi connectivity index (χ0n) is 20.5. The van der Waals surface area contributed by atoms with Crippen molar-refractivity contribution < 1.29 is 18.7 Å². The number of unbranched alkanes of at least 4 members (excludes halogenated alkanes) is 3. The summed E-state index contributed by atoms with van der Waals surface area (Å²) in [5, 5.41) is 1.25. The molecule has 1 aliphatic heterocycles. The average Bonchev–Trinajstić information content (AvgIpc) is 3.24. The van der Waals surface area contributed by atoms with Crippen LogP contribution in [0.4, 0.5) is 4.39 Å². The Labute approximate surface area is 206 Å². The van der Waals surface area contributed by atoms with Crippen molar-refractivity contribution in [2.24, 2.45) is 0 Å². The number of benzene rings is 2. The first kappa shape index (κ1) is 25.0. The molecular weight excluding hydrogens is 443 g/mol. The summed E-state index contributed by atoms with van der Waals surface area (Å²) in [6.07, 6.45) is 8.77. The van der Waals surface area contributed by atoms with E-state index in [4.69, 9.17) is 0 Å². The number of nitrogens with zero attached hydrogens (tertiary/aromatic N) is 2. The van der Waals surface area contributed by atoms with Crippen molar-refractivity contribution >= 4 is 22.8 Å². The van der Waals surface area contributed by atoms with Crippen molar-refractivity contribution in [1.82, 2.24) is 9.47 Å². The number of rotatable bonds is 10. The number of ether oxygens (including phenoxy) is 1. The molecule has 2 aromatic carbocycles. The topological polar surface area (TPSA) is 51.5 Å². The van der Waals surface area contributed by atoms with Crippen LogP contribution >= 0.6 is 0 Å². The van der Waals surface area contributed by atoms with Crippen molar-refractivity contribution in [3.8, 4) is 0 Å². The van der Waals surface area contributed by atoms with Crippen molar-refractivity contribution in [2.45, 2.75) is 63.8 Å². The van der Waals surface area contributed by atoms with Gasteiger partial charge in [0.2, 0.25) is 5.91 Å². The Morgan fingerprint density at radius 3 is 2.46 bits per heavy atom. The van der Waals surface area contributed by atoms with E-state index in [1.54, 1.807) is 12.1 Å². The number of esters is 1. The molecule has 3 aromatic rings. The van der Waals surface area contributed by atoms with Crippen molar-refractivity contribution in [2.75, 3.05) is 20.2 Å². The molecule has 0 N–H and O–H groups in total. The van der Waals surface area contributed by atoms with Crippen LogP contribution in [-0.4, -0.2) is 41.5 Å². The van der Waals surface area contributed by atoms with Crippen LogP contribution in [-0.2, 0) is 20.9 Å². The first-order chi connectivity index (χ1) is 17.0. The van der Waals surface area contributed by atoms with Crippen LogP contribution in [0.5, 0.6) is 0 Å². The molecule has 0 saturated carbocycles. The van der Waals surface area contributed by atoms with Gasteiger partial charge in [-0.1, -0.05) is 43.2 Å². The quantitative estimate of drug-likeness (QED) is 0.263. The Kier molecular flexibility index (Phi) is 8.56. The molecule has 186 valence electrons. The molecule has 0 atom stereocenters. The van der Waals surface area contributed by atoms with E-state index in [1.165, 1.54) is 24.1 Å². The third-order valence-corrected chi connectivity index (χ3v) is 7.10. The molecule has 0 bridgehead atoms. The molecule has 1 saturated heterocycles. The highest BCUT2D eigenvalue weighted by Crippen LogP contribution is 2.35. The first-order valence-electron chi connectivity index (χ1n) is 12.7. The van der Waals surface area contributed by atoms with Gasteiger partial charge in [-0.3, -0.25) is 9.59 Å². The molecule has 0 aliphatic carbocycles. The lowest BCUT2D eigenvalue weighted by atomic mass is 9.89. The summed E-state index contributed by atoms with van der Waals surface area (Å²) in [4.78, 5) is 25.9. The summed E-state index contributed by atoms with van der Waals surface area (Å²) < 4.78 is 20.6. The molecule has 2 heterocycles. The number of hydrogen-bond acceptors (Lipinski definition) is 3. The number of methoxy groups -OCH3 is 1. The highest BCUT2D eigenvalue weighted by atomic mass is 19.1. The monoisotopic (exact) mass is 478 g/mol. The number of amides is 1. The largest absolute Gasteiger partial charge is 0.469 e. The Balaban J connectivity index is 1.31. The molecule has 1 aliphatic rings. The first-order valence-corrected chi connectivity index (χ1v) is 12.7. The predicted molar refractivity (Wildman–Crippen MR) is 136 cm³/mol. The maximum absolute atomic E-state index is 13.7. The Morgan fingerprint density at radius 1 is 0.971 bits per heavy atom. The number of carbonyl (C=O) groups excluding carboxylic acids is 2. The van der Waals surface area contributed by atoms with Crippen LogP contribution in [0.1, 0.15) is 68.4 Å². The van der Waals surface area contributed by atoms with Crippen molar-refractivity contribution in [1.29, 1.82) is 0 Å². The molecule has 1 fully saturated rings. The lowest BCUT2D eigenvalue weighted by Crippen LogP contribution is -2.37. The molecule has 0 unspecified atom stereocenters. The van der Waals surface area contributed by atoms with Gasteiger partial charge in [0.1, 0.15) is 5.82 Å². The SMILES string of the molecule is COC(=O)CCCCCCC(=O)N1CCC(c2cn(Cc3cccc(F)c3)c3ccccc23)CC1. The number of likely N-dealkylation sites (tertiary alicyclic amines) is 1. The molecule has 5 nitrogen and oxygen atoms in total. The number of halogens is 1. The minimum atomic E-state index is -0.211. The standard InChI is InChI=1S/C29H35FN2O3/c1-35-29(34)14-5-3-2-4-13-28(33)31-17-15-23(16-18-31)26-21-32(27-12-7-6-11-25(26)27)20-22-9-8-10-24(30)19-22/h6-12,19,21,23H,2-5,13-18,20H2,1H3. The average molecular weight is 479 g/mol. The Hall–Kier alpha value is -3.15. The van der Waals surface area contributed by atoms with Crippen LogP contribution in [0, 0.1) is 5.82 Å². The molecule has 4 rings (SSSR count). The molecule has 0 spiro atoms. The van der Waals surface area contributed by atoms with Gasteiger partial charge < -0.3 is 14.2 Å². The maximum Gasteiger partial charge on any atom is 0.305 e. The fraction of sp³-hybridized carbons (Fsp3) is 0.448. The van der Waals surface area contributed by atoms with Gasteiger partial charge >= 0.3 is 5.97 Å². The number of carbonyl (C=O) groups is 2. The second-order valence-electron chi connectivity index (χ2n) is 9.50. The van der Waals surface area contributed by atoms with Gasteiger partial charge in [-0.2, -0.15) is 0 Å².